The fraction of sp³-hybridized carbons (Fsp3) is 0.391. The zero-order valence-electron chi connectivity index (χ0n) is 16.1. The van der Waals surface area contributed by atoms with Crippen molar-refractivity contribution < 1.29 is 9.13 Å². The molecule has 2 aromatic carbocycles. The van der Waals surface area contributed by atoms with Gasteiger partial charge in [-0.25, -0.2) is 4.39 Å². The quantitative estimate of drug-likeness (QED) is 0.475. The molecule has 1 heterocycles. The molecule has 1 N–H and O–H groups in total. The van der Waals surface area contributed by atoms with Crippen LogP contribution >= 0.6 is 0 Å². The summed E-state index contributed by atoms with van der Waals surface area (Å²) in [5.41, 5.74) is 3.09. The Morgan fingerprint density at radius 1 is 0.963 bits per heavy atom. The van der Waals surface area contributed by atoms with E-state index in [1.54, 1.807) is 6.07 Å². The molecule has 0 bridgehead atoms. The molecule has 3 rings (SSSR count). The van der Waals surface area contributed by atoms with E-state index in [9.17, 15) is 4.39 Å². The van der Waals surface area contributed by atoms with Gasteiger partial charge in [-0.3, -0.25) is 0 Å². The van der Waals surface area contributed by atoms with Gasteiger partial charge in [0.1, 0.15) is 5.82 Å². The SMILES string of the molecule is CCCCOCCCNCc1cn(Cc2ccccc2F)c2ccccc12. The van der Waals surface area contributed by atoms with Crippen molar-refractivity contribution in [1.29, 1.82) is 0 Å². The molecule has 0 radical (unpaired) electrons. The molecule has 1 aromatic heterocycles. The van der Waals surface area contributed by atoms with Crippen molar-refractivity contribution in [3.8, 4) is 0 Å². The topological polar surface area (TPSA) is 26.2 Å². The van der Waals surface area contributed by atoms with Gasteiger partial charge in [0.05, 0.1) is 6.54 Å². The lowest BCUT2D eigenvalue weighted by molar-refractivity contribution is 0.129. The molecule has 0 fully saturated rings. The Bertz CT molecular complexity index is 843. The van der Waals surface area contributed by atoms with Gasteiger partial charge in [-0.1, -0.05) is 49.7 Å². The first-order valence-corrected chi connectivity index (χ1v) is 9.88. The Labute approximate surface area is 161 Å². The van der Waals surface area contributed by atoms with E-state index >= 15 is 0 Å². The van der Waals surface area contributed by atoms with Crippen LogP contribution in [0.1, 0.15) is 37.3 Å². The van der Waals surface area contributed by atoms with E-state index in [0.29, 0.717) is 12.1 Å². The first-order valence-electron chi connectivity index (χ1n) is 9.88. The predicted molar refractivity (Wildman–Crippen MR) is 109 cm³/mol. The van der Waals surface area contributed by atoms with Crippen LogP contribution in [0.25, 0.3) is 10.9 Å². The summed E-state index contributed by atoms with van der Waals surface area (Å²) in [5, 5.41) is 4.73. The number of halogens is 1. The van der Waals surface area contributed by atoms with Crippen LogP contribution in [0.3, 0.4) is 0 Å². The molecule has 144 valence electrons. The molecule has 0 saturated heterocycles. The van der Waals surface area contributed by atoms with Crippen LogP contribution in [0.4, 0.5) is 4.39 Å². The second-order valence-electron chi connectivity index (χ2n) is 6.89. The van der Waals surface area contributed by atoms with Gasteiger partial charge < -0.3 is 14.6 Å². The normalized spacial score (nSPS) is 11.3. The number of aromatic nitrogens is 1. The Hall–Kier alpha value is -2.17. The van der Waals surface area contributed by atoms with Gasteiger partial charge in [0.2, 0.25) is 0 Å². The van der Waals surface area contributed by atoms with Gasteiger partial charge in [0.15, 0.2) is 0 Å². The fourth-order valence-corrected chi connectivity index (χ4v) is 3.28. The number of nitrogens with zero attached hydrogens (tertiary/aromatic N) is 1. The van der Waals surface area contributed by atoms with E-state index in [-0.39, 0.29) is 5.82 Å². The van der Waals surface area contributed by atoms with Crippen molar-refractivity contribution in [3.05, 3.63) is 71.7 Å². The van der Waals surface area contributed by atoms with Crippen molar-refractivity contribution in [2.75, 3.05) is 19.8 Å². The number of benzene rings is 2. The highest BCUT2D eigenvalue weighted by Crippen LogP contribution is 2.23. The summed E-state index contributed by atoms with van der Waals surface area (Å²) in [6.45, 7) is 6.12. The minimum Gasteiger partial charge on any atom is -0.381 e. The van der Waals surface area contributed by atoms with E-state index in [1.807, 2.05) is 18.2 Å². The summed E-state index contributed by atoms with van der Waals surface area (Å²) in [5.74, 6) is -0.155. The molecule has 0 aliphatic rings. The summed E-state index contributed by atoms with van der Waals surface area (Å²) < 4.78 is 21.8. The minimum absolute atomic E-state index is 0.155. The number of rotatable bonds is 11. The third-order valence-corrected chi connectivity index (χ3v) is 4.77. The summed E-state index contributed by atoms with van der Waals surface area (Å²) in [6, 6.07) is 15.3. The summed E-state index contributed by atoms with van der Waals surface area (Å²) in [4.78, 5) is 0. The molecule has 0 unspecified atom stereocenters. The Kier molecular flexibility index (Phi) is 7.43. The van der Waals surface area contributed by atoms with Gasteiger partial charge in [-0.05, 0) is 37.1 Å². The molecule has 0 aliphatic heterocycles. The highest BCUT2D eigenvalue weighted by atomic mass is 19.1. The highest BCUT2D eigenvalue weighted by Gasteiger charge is 2.10. The van der Waals surface area contributed by atoms with Crippen LogP contribution in [0.5, 0.6) is 0 Å². The molecule has 0 aliphatic carbocycles. The first-order chi connectivity index (χ1) is 13.3. The Morgan fingerprint density at radius 3 is 2.59 bits per heavy atom. The van der Waals surface area contributed by atoms with Crippen LogP contribution in [-0.2, 0) is 17.8 Å². The van der Waals surface area contributed by atoms with Crippen LogP contribution < -0.4 is 5.32 Å². The van der Waals surface area contributed by atoms with Crippen molar-refractivity contribution in [1.82, 2.24) is 9.88 Å². The average molecular weight is 368 g/mol. The van der Waals surface area contributed by atoms with E-state index in [4.69, 9.17) is 4.74 Å². The maximum absolute atomic E-state index is 14.0. The van der Waals surface area contributed by atoms with Gasteiger partial charge in [0.25, 0.3) is 0 Å². The number of ether oxygens (including phenoxy) is 1. The van der Waals surface area contributed by atoms with Gasteiger partial charge >= 0.3 is 0 Å². The summed E-state index contributed by atoms with van der Waals surface area (Å²) in [6.07, 6.45) is 5.46. The Balaban J connectivity index is 1.60. The number of para-hydroxylation sites is 1. The van der Waals surface area contributed by atoms with E-state index < -0.39 is 0 Å². The second kappa shape index (κ2) is 10.2. The van der Waals surface area contributed by atoms with Crippen molar-refractivity contribution in [3.63, 3.8) is 0 Å². The van der Waals surface area contributed by atoms with E-state index in [2.05, 4.69) is 41.2 Å². The van der Waals surface area contributed by atoms with Crippen LogP contribution in [-0.4, -0.2) is 24.3 Å². The fourth-order valence-electron chi connectivity index (χ4n) is 3.28. The lowest BCUT2D eigenvalue weighted by atomic mass is 10.2. The van der Waals surface area contributed by atoms with Gasteiger partial charge in [-0.15, -0.1) is 0 Å². The van der Waals surface area contributed by atoms with E-state index in [1.165, 1.54) is 23.4 Å². The maximum Gasteiger partial charge on any atom is 0.128 e. The van der Waals surface area contributed by atoms with E-state index in [0.717, 1.165) is 44.7 Å². The zero-order chi connectivity index (χ0) is 18.9. The first kappa shape index (κ1) is 19.6. The smallest absolute Gasteiger partial charge is 0.128 e. The molecule has 0 saturated carbocycles. The maximum atomic E-state index is 14.0. The Morgan fingerprint density at radius 2 is 1.74 bits per heavy atom. The molecule has 27 heavy (non-hydrogen) atoms. The lowest BCUT2D eigenvalue weighted by Crippen LogP contribution is -2.16. The number of fused-ring (bicyclic) bond motifs is 1. The summed E-state index contributed by atoms with van der Waals surface area (Å²) in [7, 11) is 0. The number of hydrogen-bond donors (Lipinski definition) is 1. The monoisotopic (exact) mass is 368 g/mol. The zero-order valence-corrected chi connectivity index (χ0v) is 16.1. The molecular weight excluding hydrogens is 339 g/mol. The van der Waals surface area contributed by atoms with Crippen molar-refractivity contribution in [2.24, 2.45) is 0 Å². The van der Waals surface area contributed by atoms with Crippen LogP contribution in [0.2, 0.25) is 0 Å². The summed E-state index contributed by atoms with van der Waals surface area (Å²) >= 11 is 0. The number of unbranched alkanes of at least 4 members (excludes halogenated alkanes) is 1. The predicted octanol–water partition coefficient (Wildman–Crippen LogP) is 5.13. The highest BCUT2D eigenvalue weighted by molar-refractivity contribution is 5.84. The molecule has 0 spiro atoms. The third kappa shape index (κ3) is 5.41. The molecule has 3 aromatic rings. The molecule has 0 atom stereocenters. The largest absolute Gasteiger partial charge is 0.381 e. The van der Waals surface area contributed by atoms with Crippen molar-refractivity contribution >= 4 is 10.9 Å². The van der Waals surface area contributed by atoms with Gasteiger partial charge in [0, 0.05) is 42.4 Å². The number of hydrogen-bond acceptors (Lipinski definition) is 2. The van der Waals surface area contributed by atoms with Crippen LogP contribution in [0.15, 0.2) is 54.7 Å². The minimum atomic E-state index is -0.155. The van der Waals surface area contributed by atoms with Crippen molar-refractivity contribution in [2.45, 2.75) is 39.3 Å². The molecule has 0 amide bonds. The molecule has 3 nitrogen and oxygen atoms in total. The number of nitrogens with one attached hydrogen (secondary N) is 1. The van der Waals surface area contributed by atoms with Crippen LogP contribution in [0, 0.1) is 5.82 Å². The molecule has 4 heteroatoms. The third-order valence-electron chi connectivity index (χ3n) is 4.77. The molecular formula is C23H29FN2O. The standard InChI is InChI=1S/C23H29FN2O/c1-2-3-14-27-15-8-13-25-16-20-18-26(23-12-7-5-10-21(20)23)17-19-9-4-6-11-22(19)24/h4-7,9-12,18,25H,2-3,8,13-17H2,1H3. The average Bonchev–Trinajstić information content (AvgIpc) is 3.03. The van der Waals surface area contributed by atoms with Gasteiger partial charge in [-0.2, -0.15) is 0 Å². The second-order valence-corrected chi connectivity index (χ2v) is 6.89. The lowest BCUT2D eigenvalue weighted by Gasteiger charge is -2.06.